The lowest BCUT2D eigenvalue weighted by Gasteiger charge is -2.37. The number of likely N-dealkylation sites (tertiary alicyclic amines) is 1. The van der Waals surface area contributed by atoms with Crippen LogP contribution < -0.4 is 10.0 Å². The van der Waals surface area contributed by atoms with Gasteiger partial charge in [0.2, 0.25) is 5.95 Å². The van der Waals surface area contributed by atoms with Crippen LogP contribution in [0.25, 0.3) is 27.7 Å². The number of sulfonamides is 1. The van der Waals surface area contributed by atoms with E-state index in [9.17, 15) is 13.2 Å². The molecule has 14 heteroatoms. The van der Waals surface area contributed by atoms with Crippen molar-refractivity contribution in [1.82, 2.24) is 29.5 Å². The predicted octanol–water partition coefficient (Wildman–Crippen LogP) is 6.41. The van der Waals surface area contributed by atoms with Crippen molar-refractivity contribution in [2.24, 2.45) is 5.92 Å². The Labute approximate surface area is 278 Å². The van der Waals surface area contributed by atoms with Gasteiger partial charge in [0.25, 0.3) is 10.0 Å². The summed E-state index contributed by atoms with van der Waals surface area (Å²) in [6, 6.07) is 13.9. The first-order valence-electron chi connectivity index (χ1n) is 15.5. The largest absolute Gasteiger partial charge is 0.444 e. The molecular formula is C33H37ClN8O4S. The highest BCUT2D eigenvalue weighted by molar-refractivity contribution is 7.92. The molecule has 0 aliphatic carbocycles. The molecule has 12 nitrogen and oxygen atoms in total. The zero-order valence-electron chi connectivity index (χ0n) is 26.9. The number of halogens is 1. The molecule has 47 heavy (non-hydrogen) atoms. The lowest BCUT2D eigenvalue weighted by Crippen LogP contribution is -2.49. The number of amides is 1. The van der Waals surface area contributed by atoms with Crippen LogP contribution in [0.5, 0.6) is 0 Å². The van der Waals surface area contributed by atoms with Crippen LogP contribution in [0, 0.1) is 5.92 Å². The summed E-state index contributed by atoms with van der Waals surface area (Å²) in [5.41, 5.74) is 3.37. The fraction of sp³-hybridized carbons (Fsp3) is 0.364. The van der Waals surface area contributed by atoms with Crippen molar-refractivity contribution >= 4 is 55.9 Å². The molecule has 2 aromatic carbocycles. The van der Waals surface area contributed by atoms with Crippen molar-refractivity contribution < 1.29 is 17.9 Å². The van der Waals surface area contributed by atoms with Crippen LogP contribution in [0.2, 0.25) is 5.02 Å². The minimum Gasteiger partial charge on any atom is -0.444 e. The third-order valence-corrected chi connectivity index (χ3v) is 9.73. The molecule has 1 amide bonds. The summed E-state index contributed by atoms with van der Waals surface area (Å²) in [5, 5.41) is 8.84. The SMILES string of the molecule is CCc1cc(-c2ccc3c(NS(=O)(=O)c4ccccc4Cl)ncnn23)cc2cnc(N[C@H]3C[C@@H](C)CN(C(=O)OC(C)(C)C)C3)nc12. The van der Waals surface area contributed by atoms with Gasteiger partial charge in [-0.3, -0.25) is 4.72 Å². The highest BCUT2D eigenvalue weighted by Crippen LogP contribution is 2.31. The first-order chi connectivity index (χ1) is 22.3. The average Bonchev–Trinajstić information content (AvgIpc) is 3.45. The van der Waals surface area contributed by atoms with Crippen LogP contribution in [0.4, 0.5) is 16.6 Å². The number of nitrogens with zero attached hydrogens (tertiary/aromatic N) is 6. The van der Waals surface area contributed by atoms with Crippen molar-refractivity contribution in [3.63, 3.8) is 0 Å². The first kappa shape index (κ1) is 32.5. The second kappa shape index (κ2) is 12.6. The quantitative estimate of drug-likeness (QED) is 0.200. The van der Waals surface area contributed by atoms with E-state index in [1.54, 1.807) is 33.8 Å². The number of aryl methyl sites for hydroxylation is 1. The molecule has 1 saturated heterocycles. The lowest BCUT2D eigenvalue weighted by atomic mass is 9.96. The van der Waals surface area contributed by atoms with Crippen LogP contribution in [-0.2, 0) is 21.2 Å². The minimum absolute atomic E-state index is 0.0237. The molecule has 246 valence electrons. The zero-order chi connectivity index (χ0) is 33.5. The smallest absolute Gasteiger partial charge is 0.410 e. The Hall–Kier alpha value is -4.49. The van der Waals surface area contributed by atoms with Crippen LogP contribution in [-0.4, -0.2) is 68.7 Å². The second-order valence-corrected chi connectivity index (χ2v) is 14.9. The van der Waals surface area contributed by atoms with Gasteiger partial charge in [0.05, 0.1) is 16.2 Å². The Balaban J connectivity index is 1.27. The molecule has 4 heterocycles. The molecule has 0 saturated carbocycles. The fourth-order valence-corrected chi connectivity index (χ4v) is 7.44. The number of nitrogens with one attached hydrogen (secondary N) is 2. The molecule has 6 rings (SSSR count). The molecule has 0 radical (unpaired) electrons. The maximum Gasteiger partial charge on any atom is 0.410 e. The number of carbonyl (C=O) groups is 1. The van der Waals surface area contributed by atoms with E-state index in [0.29, 0.717) is 24.6 Å². The maximum atomic E-state index is 13.1. The van der Waals surface area contributed by atoms with E-state index in [1.807, 2.05) is 32.9 Å². The van der Waals surface area contributed by atoms with Crippen LogP contribution in [0.3, 0.4) is 0 Å². The highest BCUT2D eigenvalue weighted by Gasteiger charge is 2.31. The van der Waals surface area contributed by atoms with Crippen molar-refractivity contribution in [3.05, 3.63) is 71.6 Å². The first-order valence-corrected chi connectivity index (χ1v) is 17.3. The van der Waals surface area contributed by atoms with E-state index in [4.69, 9.17) is 21.3 Å². The number of fused-ring (bicyclic) bond motifs is 2. The van der Waals surface area contributed by atoms with Gasteiger partial charge in [0.1, 0.15) is 22.3 Å². The van der Waals surface area contributed by atoms with Crippen LogP contribution in [0.1, 0.15) is 46.6 Å². The number of ether oxygens (including phenoxy) is 1. The van der Waals surface area contributed by atoms with E-state index in [-0.39, 0.29) is 33.8 Å². The number of carbonyl (C=O) groups excluding carboxylic acids is 1. The summed E-state index contributed by atoms with van der Waals surface area (Å²) in [5.74, 6) is 0.916. The highest BCUT2D eigenvalue weighted by atomic mass is 35.5. The number of aromatic nitrogens is 5. The zero-order valence-corrected chi connectivity index (χ0v) is 28.4. The second-order valence-electron chi connectivity index (χ2n) is 12.8. The van der Waals surface area contributed by atoms with Crippen LogP contribution >= 0.6 is 11.6 Å². The third-order valence-electron chi connectivity index (χ3n) is 7.89. The normalized spacial score (nSPS) is 17.2. The number of benzene rings is 2. The van der Waals surface area contributed by atoms with Gasteiger partial charge in [-0.2, -0.15) is 5.10 Å². The molecule has 2 N–H and O–H groups in total. The molecule has 0 spiro atoms. The summed E-state index contributed by atoms with van der Waals surface area (Å²) in [4.78, 5) is 28.2. The van der Waals surface area contributed by atoms with E-state index >= 15 is 0 Å². The molecule has 3 aromatic heterocycles. The summed E-state index contributed by atoms with van der Waals surface area (Å²) >= 11 is 6.16. The summed E-state index contributed by atoms with van der Waals surface area (Å²) in [6.45, 7) is 10.9. The number of anilines is 2. The molecule has 1 aliphatic rings. The molecule has 5 aromatic rings. The molecule has 1 aliphatic heterocycles. The Bertz CT molecular complexity index is 2080. The van der Waals surface area contributed by atoms with Gasteiger partial charge in [-0.1, -0.05) is 37.6 Å². The summed E-state index contributed by atoms with van der Waals surface area (Å²) in [6.07, 6.45) is 4.37. The number of hydrogen-bond acceptors (Lipinski definition) is 9. The van der Waals surface area contributed by atoms with Crippen molar-refractivity contribution in [1.29, 1.82) is 0 Å². The Morgan fingerprint density at radius 3 is 2.64 bits per heavy atom. The average molecular weight is 677 g/mol. The lowest BCUT2D eigenvalue weighted by molar-refractivity contribution is 0.0162. The third kappa shape index (κ3) is 6.96. The standard InChI is InChI=1S/C33H37ClN8O4S/c1-6-21-14-22(26-11-12-27-30(36-19-37-42(26)27)40-47(44,45)28-10-8-7-9-25(28)34)15-23-16-35-31(39-29(21)23)38-24-13-20(2)17-41(18-24)32(43)46-33(3,4)5/h7-12,14-16,19-20,24H,6,13,17-18H2,1-5H3,(H,35,38,39)(H,36,37,40)/t20-,24+/m1/s1. The Morgan fingerprint density at radius 2 is 1.89 bits per heavy atom. The molecule has 2 atom stereocenters. The van der Waals surface area contributed by atoms with Gasteiger partial charge in [0.15, 0.2) is 5.82 Å². The number of rotatable bonds is 7. The van der Waals surface area contributed by atoms with Gasteiger partial charge in [-0.05, 0) is 81.5 Å². The van der Waals surface area contributed by atoms with E-state index in [0.717, 1.165) is 40.6 Å². The van der Waals surface area contributed by atoms with E-state index in [1.165, 1.54) is 18.5 Å². The monoisotopic (exact) mass is 676 g/mol. The van der Waals surface area contributed by atoms with Crippen LogP contribution in [0.15, 0.2) is 66.0 Å². The van der Waals surface area contributed by atoms with Gasteiger partial charge < -0.3 is 15.0 Å². The molecule has 0 bridgehead atoms. The molecule has 0 unspecified atom stereocenters. The van der Waals surface area contributed by atoms with Crippen molar-refractivity contribution in [2.75, 3.05) is 23.1 Å². The van der Waals surface area contributed by atoms with Gasteiger partial charge in [-0.15, -0.1) is 0 Å². The van der Waals surface area contributed by atoms with E-state index in [2.05, 4.69) is 45.0 Å². The Kier molecular flexibility index (Phi) is 8.70. The van der Waals surface area contributed by atoms with E-state index < -0.39 is 15.6 Å². The number of piperidine rings is 1. The number of hydrogen-bond donors (Lipinski definition) is 2. The summed E-state index contributed by atoms with van der Waals surface area (Å²) in [7, 11) is -4.00. The van der Waals surface area contributed by atoms with Gasteiger partial charge in [-0.25, -0.2) is 32.7 Å². The van der Waals surface area contributed by atoms with Gasteiger partial charge in [0, 0.05) is 36.3 Å². The topological polar surface area (TPSA) is 144 Å². The summed E-state index contributed by atoms with van der Waals surface area (Å²) < 4.78 is 36.1. The molecule has 1 fully saturated rings. The fourth-order valence-electron chi connectivity index (χ4n) is 5.90. The minimum atomic E-state index is -4.00. The van der Waals surface area contributed by atoms with Gasteiger partial charge >= 0.3 is 6.09 Å². The van der Waals surface area contributed by atoms with Crippen molar-refractivity contribution in [2.45, 2.75) is 64.0 Å². The maximum absolute atomic E-state index is 13.1. The Morgan fingerprint density at radius 1 is 1.11 bits per heavy atom. The van der Waals surface area contributed by atoms with Crippen molar-refractivity contribution in [3.8, 4) is 11.3 Å². The predicted molar refractivity (Wildman–Crippen MR) is 182 cm³/mol. The molecular weight excluding hydrogens is 640 g/mol.